The molecule has 2 unspecified atom stereocenters. The van der Waals surface area contributed by atoms with Crippen LogP contribution in [0.25, 0.3) is 0 Å². The van der Waals surface area contributed by atoms with Gasteiger partial charge in [0.05, 0.1) is 31.0 Å². The van der Waals surface area contributed by atoms with E-state index in [0.29, 0.717) is 16.5 Å². The summed E-state index contributed by atoms with van der Waals surface area (Å²) >= 11 is 6.04. The molecule has 0 heterocycles. The standard InChI is InChI=1S/C12H18ClNO3/c1-7(8(2)15)14-10-5-9(13)11(16-3)6-12(10)17-4/h5-8,14-15H,1-4H3. The molecule has 0 aliphatic heterocycles. The maximum absolute atomic E-state index is 9.45. The SMILES string of the molecule is COc1cc(OC)c(NC(C)C(C)O)cc1Cl. The largest absolute Gasteiger partial charge is 0.495 e. The second-order valence-electron chi connectivity index (χ2n) is 3.86. The van der Waals surface area contributed by atoms with Gasteiger partial charge in [0.2, 0.25) is 0 Å². The molecule has 0 saturated carbocycles. The molecule has 0 radical (unpaired) electrons. The van der Waals surface area contributed by atoms with Gasteiger partial charge in [0.15, 0.2) is 0 Å². The van der Waals surface area contributed by atoms with Crippen molar-refractivity contribution in [3.05, 3.63) is 17.2 Å². The predicted molar refractivity (Wildman–Crippen MR) is 69.3 cm³/mol. The van der Waals surface area contributed by atoms with Crippen molar-refractivity contribution in [2.45, 2.75) is 26.0 Å². The van der Waals surface area contributed by atoms with Crippen LogP contribution >= 0.6 is 11.6 Å². The van der Waals surface area contributed by atoms with Gasteiger partial charge >= 0.3 is 0 Å². The first kappa shape index (κ1) is 13.9. The van der Waals surface area contributed by atoms with Gasteiger partial charge in [-0.15, -0.1) is 0 Å². The lowest BCUT2D eigenvalue weighted by Crippen LogP contribution is -2.28. The molecule has 1 rings (SSSR count). The molecule has 96 valence electrons. The molecule has 2 atom stereocenters. The number of hydrogen-bond donors (Lipinski definition) is 2. The molecule has 4 nitrogen and oxygen atoms in total. The van der Waals surface area contributed by atoms with Crippen molar-refractivity contribution in [2.75, 3.05) is 19.5 Å². The fourth-order valence-electron chi connectivity index (χ4n) is 1.34. The average molecular weight is 260 g/mol. The van der Waals surface area contributed by atoms with Crippen LogP contribution in [0.3, 0.4) is 0 Å². The summed E-state index contributed by atoms with van der Waals surface area (Å²) in [5.74, 6) is 1.18. The second-order valence-corrected chi connectivity index (χ2v) is 4.27. The summed E-state index contributed by atoms with van der Waals surface area (Å²) in [6.07, 6.45) is -0.472. The molecule has 5 heteroatoms. The number of ether oxygens (including phenoxy) is 2. The van der Waals surface area contributed by atoms with E-state index < -0.39 is 6.10 Å². The minimum absolute atomic E-state index is 0.103. The first-order valence-corrected chi connectivity index (χ1v) is 5.73. The fourth-order valence-corrected chi connectivity index (χ4v) is 1.58. The average Bonchev–Trinajstić information content (AvgIpc) is 2.29. The monoisotopic (exact) mass is 259 g/mol. The van der Waals surface area contributed by atoms with Crippen LogP contribution in [0.2, 0.25) is 5.02 Å². The molecule has 0 fully saturated rings. The van der Waals surface area contributed by atoms with Gasteiger partial charge in [-0.05, 0) is 19.9 Å². The zero-order valence-corrected chi connectivity index (χ0v) is 11.2. The number of aliphatic hydroxyl groups excluding tert-OH is 1. The lowest BCUT2D eigenvalue weighted by molar-refractivity contribution is 0.177. The molecule has 1 aromatic carbocycles. The Bertz CT molecular complexity index is 382. The summed E-state index contributed by atoms with van der Waals surface area (Å²) in [6.45, 7) is 3.59. The molecule has 17 heavy (non-hydrogen) atoms. The number of benzene rings is 1. The molecule has 0 saturated heterocycles. The van der Waals surface area contributed by atoms with Crippen molar-refractivity contribution in [3.63, 3.8) is 0 Å². The summed E-state index contributed by atoms with van der Waals surface area (Å²) < 4.78 is 10.3. The van der Waals surface area contributed by atoms with Crippen molar-refractivity contribution in [1.29, 1.82) is 0 Å². The number of hydrogen-bond acceptors (Lipinski definition) is 4. The minimum atomic E-state index is -0.472. The van der Waals surface area contributed by atoms with Crippen LogP contribution in [0.1, 0.15) is 13.8 Å². The quantitative estimate of drug-likeness (QED) is 0.853. The van der Waals surface area contributed by atoms with Gasteiger partial charge in [-0.3, -0.25) is 0 Å². The minimum Gasteiger partial charge on any atom is -0.495 e. The smallest absolute Gasteiger partial charge is 0.145 e. The summed E-state index contributed by atoms with van der Waals surface area (Å²) in [6, 6.07) is 3.32. The highest BCUT2D eigenvalue weighted by atomic mass is 35.5. The first-order chi connectivity index (χ1) is 7.99. The molecule has 0 aliphatic rings. The van der Waals surface area contributed by atoms with E-state index in [9.17, 15) is 5.11 Å². The van der Waals surface area contributed by atoms with Gasteiger partial charge in [0.1, 0.15) is 11.5 Å². The Kier molecular flexibility index (Phi) is 4.90. The van der Waals surface area contributed by atoms with E-state index >= 15 is 0 Å². The van der Waals surface area contributed by atoms with E-state index in [0.717, 1.165) is 5.69 Å². The zero-order chi connectivity index (χ0) is 13.0. The predicted octanol–water partition coefficient (Wildman–Crippen LogP) is 2.54. The van der Waals surface area contributed by atoms with Crippen molar-refractivity contribution < 1.29 is 14.6 Å². The van der Waals surface area contributed by atoms with Crippen LogP contribution in [0.15, 0.2) is 12.1 Å². The highest BCUT2D eigenvalue weighted by Gasteiger charge is 2.14. The number of anilines is 1. The Morgan fingerprint density at radius 1 is 1.18 bits per heavy atom. The maximum Gasteiger partial charge on any atom is 0.145 e. The van der Waals surface area contributed by atoms with Crippen LogP contribution in [0.4, 0.5) is 5.69 Å². The van der Waals surface area contributed by atoms with Crippen LogP contribution in [-0.2, 0) is 0 Å². The Balaban J connectivity index is 3.02. The van der Waals surface area contributed by atoms with Gasteiger partial charge in [-0.25, -0.2) is 0 Å². The van der Waals surface area contributed by atoms with E-state index in [1.54, 1.807) is 33.3 Å². The van der Waals surface area contributed by atoms with Gasteiger partial charge in [0, 0.05) is 12.1 Å². The normalized spacial score (nSPS) is 14.0. The van der Waals surface area contributed by atoms with Crippen molar-refractivity contribution >= 4 is 17.3 Å². The molecule has 0 aliphatic carbocycles. The Morgan fingerprint density at radius 2 is 1.76 bits per heavy atom. The topological polar surface area (TPSA) is 50.7 Å². The van der Waals surface area contributed by atoms with E-state index in [1.807, 2.05) is 6.92 Å². The van der Waals surface area contributed by atoms with E-state index in [2.05, 4.69) is 5.32 Å². The molecule has 1 aromatic rings. The van der Waals surface area contributed by atoms with Gasteiger partial charge < -0.3 is 19.9 Å². The molecule has 2 N–H and O–H groups in total. The van der Waals surface area contributed by atoms with E-state index in [-0.39, 0.29) is 6.04 Å². The molecule has 0 spiro atoms. The first-order valence-electron chi connectivity index (χ1n) is 5.35. The van der Waals surface area contributed by atoms with Crippen molar-refractivity contribution in [3.8, 4) is 11.5 Å². The Labute approximate surface area is 106 Å². The lowest BCUT2D eigenvalue weighted by Gasteiger charge is -2.20. The highest BCUT2D eigenvalue weighted by molar-refractivity contribution is 6.32. The number of rotatable bonds is 5. The van der Waals surface area contributed by atoms with Crippen molar-refractivity contribution in [1.82, 2.24) is 0 Å². The molecule has 0 bridgehead atoms. The third kappa shape index (κ3) is 3.41. The van der Waals surface area contributed by atoms with Crippen LogP contribution < -0.4 is 14.8 Å². The summed E-state index contributed by atoms with van der Waals surface area (Å²) in [7, 11) is 3.12. The van der Waals surface area contributed by atoms with E-state index in [1.165, 1.54) is 0 Å². The lowest BCUT2D eigenvalue weighted by atomic mass is 10.2. The highest BCUT2D eigenvalue weighted by Crippen LogP contribution is 2.36. The maximum atomic E-state index is 9.45. The van der Waals surface area contributed by atoms with Crippen LogP contribution in [0, 0.1) is 0 Å². The molecule has 0 aromatic heterocycles. The van der Waals surface area contributed by atoms with Crippen molar-refractivity contribution in [2.24, 2.45) is 0 Å². The van der Waals surface area contributed by atoms with Gasteiger partial charge in [-0.2, -0.15) is 0 Å². The number of methoxy groups -OCH3 is 2. The van der Waals surface area contributed by atoms with Gasteiger partial charge in [0.25, 0.3) is 0 Å². The number of halogens is 1. The molecule has 0 amide bonds. The fraction of sp³-hybridized carbons (Fsp3) is 0.500. The molecular weight excluding hydrogens is 242 g/mol. The summed E-state index contributed by atoms with van der Waals surface area (Å²) in [5.41, 5.74) is 0.728. The number of aliphatic hydroxyl groups is 1. The Hall–Kier alpha value is -1.13. The number of nitrogens with one attached hydrogen (secondary N) is 1. The third-order valence-electron chi connectivity index (χ3n) is 2.58. The zero-order valence-electron chi connectivity index (χ0n) is 10.5. The third-order valence-corrected chi connectivity index (χ3v) is 2.88. The van der Waals surface area contributed by atoms with Crippen LogP contribution in [-0.4, -0.2) is 31.5 Å². The van der Waals surface area contributed by atoms with E-state index in [4.69, 9.17) is 21.1 Å². The van der Waals surface area contributed by atoms with Gasteiger partial charge in [-0.1, -0.05) is 11.6 Å². The van der Waals surface area contributed by atoms with Crippen LogP contribution in [0.5, 0.6) is 11.5 Å². The Morgan fingerprint density at radius 3 is 2.24 bits per heavy atom. The second kappa shape index (κ2) is 5.98. The summed E-state index contributed by atoms with van der Waals surface area (Å²) in [4.78, 5) is 0. The summed E-state index contributed by atoms with van der Waals surface area (Å²) in [5, 5.41) is 13.1. The molecular formula is C12H18ClNO3.